The summed E-state index contributed by atoms with van der Waals surface area (Å²) in [6.07, 6.45) is 4.52. The summed E-state index contributed by atoms with van der Waals surface area (Å²) >= 11 is 0. The number of rotatable bonds is 9. The Hall–Kier alpha value is -1.71. The first-order chi connectivity index (χ1) is 10.7. The smallest absolute Gasteiger partial charge is 0.193 e. The van der Waals surface area contributed by atoms with Crippen LogP contribution in [0.5, 0.6) is 5.75 Å². The van der Waals surface area contributed by atoms with Gasteiger partial charge in [0.25, 0.3) is 0 Å². The predicted octanol–water partition coefficient (Wildman–Crippen LogP) is 3.46. The molecule has 0 bridgehead atoms. The lowest BCUT2D eigenvalue weighted by Crippen LogP contribution is -2.39. The number of ether oxygens (including phenoxy) is 1. The molecule has 22 heavy (non-hydrogen) atoms. The van der Waals surface area contributed by atoms with E-state index >= 15 is 0 Å². The summed E-state index contributed by atoms with van der Waals surface area (Å²) in [4.78, 5) is 6.50. The molecule has 4 heteroatoms. The number of hydrogen-bond donors (Lipinski definition) is 1. The van der Waals surface area contributed by atoms with Gasteiger partial charge in [0, 0.05) is 27.2 Å². The van der Waals surface area contributed by atoms with E-state index in [1.165, 1.54) is 18.4 Å². The molecule has 0 saturated heterocycles. The van der Waals surface area contributed by atoms with Crippen LogP contribution in [0, 0.1) is 6.92 Å². The zero-order valence-corrected chi connectivity index (χ0v) is 14.6. The Morgan fingerprint density at radius 2 is 1.91 bits per heavy atom. The van der Waals surface area contributed by atoms with E-state index in [0.717, 1.165) is 44.2 Å². The molecule has 0 aliphatic carbocycles. The summed E-state index contributed by atoms with van der Waals surface area (Å²) in [6.45, 7) is 7.03. The molecule has 4 nitrogen and oxygen atoms in total. The average molecular weight is 305 g/mol. The van der Waals surface area contributed by atoms with E-state index in [1.54, 1.807) is 0 Å². The van der Waals surface area contributed by atoms with E-state index in [-0.39, 0.29) is 0 Å². The van der Waals surface area contributed by atoms with Gasteiger partial charge in [0.05, 0.1) is 6.61 Å². The molecular weight excluding hydrogens is 274 g/mol. The average Bonchev–Trinajstić information content (AvgIpc) is 2.53. The molecule has 1 aromatic carbocycles. The molecule has 0 aliphatic heterocycles. The second kappa shape index (κ2) is 10.9. The maximum Gasteiger partial charge on any atom is 0.193 e. The molecule has 0 saturated carbocycles. The number of benzene rings is 1. The molecule has 0 aliphatic rings. The van der Waals surface area contributed by atoms with Gasteiger partial charge in [-0.05, 0) is 38.3 Å². The highest BCUT2D eigenvalue weighted by atomic mass is 16.5. The molecule has 0 heterocycles. The number of aryl methyl sites for hydroxylation is 1. The molecular formula is C18H31N3O. The van der Waals surface area contributed by atoms with Crippen molar-refractivity contribution in [3.05, 3.63) is 29.8 Å². The van der Waals surface area contributed by atoms with Crippen LogP contribution in [0.1, 0.15) is 38.2 Å². The van der Waals surface area contributed by atoms with Crippen LogP contribution >= 0.6 is 0 Å². The van der Waals surface area contributed by atoms with Crippen LogP contribution < -0.4 is 10.1 Å². The van der Waals surface area contributed by atoms with Crippen molar-refractivity contribution >= 4 is 5.96 Å². The number of hydrogen-bond acceptors (Lipinski definition) is 2. The van der Waals surface area contributed by atoms with E-state index in [0.29, 0.717) is 0 Å². The molecule has 0 atom stereocenters. The van der Waals surface area contributed by atoms with Gasteiger partial charge in [0.15, 0.2) is 5.96 Å². The van der Waals surface area contributed by atoms with Gasteiger partial charge in [-0.15, -0.1) is 0 Å². The number of guanidine groups is 1. The van der Waals surface area contributed by atoms with Crippen LogP contribution in [-0.2, 0) is 0 Å². The number of nitrogens with one attached hydrogen (secondary N) is 1. The molecule has 0 fully saturated rings. The largest absolute Gasteiger partial charge is 0.494 e. The monoisotopic (exact) mass is 305 g/mol. The van der Waals surface area contributed by atoms with Crippen molar-refractivity contribution in [2.24, 2.45) is 4.99 Å². The van der Waals surface area contributed by atoms with Crippen molar-refractivity contribution in [1.82, 2.24) is 10.2 Å². The molecule has 0 radical (unpaired) electrons. The minimum absolute atomic E-state index is 0.759. The predicted molar refractivity (Wildman–Crippen MR) is 94.8 cm³/mol. The fourth-order valence-electron chi connectivity index (χ4n) is 2.14. The van der Waals surface area contributed by atoms with E-state index in [9.17, 15) is 0 Å². The minimum Gasteiger partial charge on any atom is -0.494 e. The number of nitrogens with zero attached hydrogens (tertiary/aromatic N) is 2. The molecule has 0 spiro atoms. The van der Waals surface area contributed by atoms with E-state index in [4.69, 9.17) is 4.74 Å². The standard InChI is InChI=1S/C18H31N3O/c1-5-6-14-21(4)18(19-3)20-13-7-8-15-22-17-11-9-16(2)10-12-17/h9-12H,5-8,13-15H2,1-4H3,(H,19,20). The van der Waals surface area contributed by atoms with E-state index < -0.39 is 0 Å². The zero-order valence-electron chi connectivity index (χ0n) is 14.6. The Balaban J connectivity index is 2.12. The first-order valence-corrected chi connectivity index (χ1v) is 8.28. The fraction of sp³-hybridized carbons (Fsp3) is 0.611. The highest BCUT2D eigenvalue weighted by Gasteiger charge is 2.03. The van der Waals surface area contributed by atoms with Crippen molar-refractivity contribution in [2.45, 2.75) is 39.5 Å². The Morgan fingerprint density at radius 1 is 1.18 bits per heavy atom. The summed E-state index contributed by atoms with van der Waals surface area (Å²) in [5.74, 6) is 1.93. The molecule has 1 aromatic rings. The molecule has 0 unspecified atom stereocenters. The normalized spacial score (nSPS) is 11.4. The highest BCUT2D eigenvalue weighted by Crippen LogP contribution is 2.11. The van der Waals surface area contributed by atoms with Crippen molar-refractivity contribution < 1.29 is 4.74 Å². The van der Waals surface area contributed by atoms with Crippen molar-refractivity contribution in [2.75, 3.05) is 33.8 Å². The zero-order chi connectivity index (χ0) is 16.2. The third kappa shape index (κ3) is 7.34. The lowest BCUT2D eigenvalue weighted by Gasteiger charge is -2.21. The van der Waals surface area contributed by atoms with Crippen molar-refractivity contribution in [1.29, 1.82) is 0 Å². The van der Waals surface area contributed by atoms with Gasteiger partial charge in [-0.25, -0.2) is 0 Å². The lowest BCUT2D eigenvalue weighted by molar-refractivity contribution is 0.306. The Morgan fingerprint density at radius 3 is 2.55 bits per heavy atom. The molecule has 0 aromatic heterocycles. The Kier molecular flexibility index (Phi) is 9.12. The second-order valence-electron chi connectivity index (χ2n) is 5.62. The van der Waals surface area contributed by atoms with E-state index in [2.05, 4.69) is 48.2 Å². The molecule has 0 amide bonds. The van der Waals surface area contributed by atoms with Gasteiger partial charge in [-0.2, -0.15) is 0 Å². The molecule has 1 rings (SSSR count). The van der Waals surface area contributed by atoms with Gasteiger partial charge in [0.1, 0.15) is 5.75 Å². The first-order valence-electron chi connectivity index (χ1n) is 8.28. The van der Waals surface area contributed by atoms with Crippen molar-refractivity contribution in [3.8, 4) is 5.75 Å². The highest BCUT2D eigenvalue weighted by molar-refractivity contribution is 5.79. The quantitative estimate of drug-likeness (QED) is 0.431. The van der Waals surface area contributed by atoms with Crippen LogP contribution in [0.25, 0.3) is 0 Å². The van der Waals surface area contributed by atoms with E-state index in [1.807, 2.05) is 19.2 Å². The summed E-state index contributed by atoms with van der Waals surface area (Å²) in [7, 11) is 3.93. The van der Waals surface area contributed by atoms with Gasteiger partial charge >= 0.3 is 0 Å². The first kappa shape index (κ1) is 18.3. The lowest BCUT2D eigenvalue weighted by atomic mass is 10.2. The number of aliphatic imine (C=N–C) groups is 1. The van der Waals surface area contributed by atoms with Crippen molar-refractivity contribution in [3.63, 3.8) is 0 Å². The van der Waals surface area contributed by atoms with Crippen LogP contribution in [0.2, 0.25) is 0 Å². The summed E-state index contributed by atoms with van der Waals surface area (Å²) in [6, 6.07) is 8.20. The summed E-state index contributed by atoms with van der Waals surface area (Å²) < 4.78 is 5.73. The van der Waals surface area contributed by atoms with Gasteiger partial charge < -0.3 is 15.0 Å². The van der Waals surface area contributed by atoms with Crippen LogP contribution in [0.4, 0.5) is 0 Å². The van der Waals surface area contributed by atoms with Crippen LogP contribution in [-0.4, -0.2) is 44.7 Å². The van der Waals surface area contributed by atoms with Gasteiger partial charge in [-0.1, -0.05) is 31.0 Å². The second-order valence-corrected chi connectivity index (χ2v) is 5.62. The molecule has 1 N–H and O–H groups in total. The maximum absolute atomic E-state index is 5.73. The molecule has 124 valence electrons. The summed E-state index contributed by atoms with van der Waals surface area (Å²) in [5, 5.41) is 3.40. The Bertz CT molecular complexity index is 428. The topological polar surface area (TPSA) is 36.9 Å². The Labute approximate surface area is 135 Å². The van der Waals surface area contributed by atoms with Crippen LogP contribution in [0.15, 0.2) is 29.3 Å². The van der Waals surface area contributed by atoms with Crippen LogP contribution in [0.3, 0.4) is 0 Å². The maximum atomic E-state index is 5.73. The minimum atomic E-state index is 0.759. The van der Waals surface area contributed by atoms with Gasteiger partial charge in [0.2, 0.25) is 0 Å². The summed E-state index contributed by atoms with van der Waals surface area (Å²) in [5.41, 5.74) is 1.26. The number of unbranched alkanes of at least 4 members (excludes halogenated alkanes) is 2. The third-order valence-corrected chi connectivity index (χ3v) is 3.56. The SMILES string of the molecule is CCCCN(C)C(=NC)NCCCCOc1ccc(C)cc1. The third-order valence-electron chi connectivity index (χ3n) is 3.56. The van der Waals surface area contributed by atoms with Gasteiger partial charge in [-0.3, -0.25) is 4.99 Å². The fourth-order valence-corrected chi connectivity index (χ4v) is 2.14.